The van der Waals surface area contributed by atoms with Crippen molar-refractivity contribution in [3.05, 3.63) is 181 Å². The van der Waals surface area contributed by atoms with Crippen molar-refractivity contribution >= 4 is 103 Å². The summed E-state index contributed by atoms with van der Waals surface area (Å²) in [5.74, 6) is 0.833. The van der Waals surface area contributed by atoms with Crippen LogP contribution >= 0.6 is 0 Å². The number of H-pyrrole nitrogens is 1. The van der Waals surface area contributed by atoms with Crippen molar-refractivity contribution in [3.63, 3.8) is 0 Å². The third-order valence-corrected chi connectivity index (χ3v) is 17.1. The number of hydrogen-bond acceptors (Lipinski definition) is 14. The van der Waals surface area contributed by atoms with E-state index in [1.807, 2.05) is 124 Å². The van der Waals surface area contributed by atoms with Crippen LogP contribution in [0.1, 0.15) is 76.4 Å². The standard InChI is InChI=1S/C72H71N13O7/c1-42(2)62(82-71(89)91-5)69(87)84-33-13-23-60(84)67-80-58-32-29-47(38-59(58)81-67)51-19-11-21-53-52(51)20-12-22-54(53)57-39-73-40-75-66(57)78-50-18-10-15-46(37-50)55-35-45(36-56-64(55)74-41-76-65(56)77-48-16-8-7-9-17-48)26-25-44-27-30-49(31-28-44)79-68(86)61-24-14-34-85(61)70(88)63(43(3)4)83-72(90)92-6/h7-12,15-22,25-32,35-43,60-63H,13-14,23-24,33-34H2,1-6H3,(H,79,86)(H,80,81)(H,82,89)(H,83,90)(H,73,75,78)(H,74,76,77). The summed E-state index contributed by atoms with van der Waals surface area (Å²) < 4.78 is 9.61. The van der Waals surface area contributed by atoms with Crippen molar-refractivity contribution in [3.8, 4) is 33.4 Å². The highest BCUT2D eigenvalue weighted by Gasteiger charge is 2.40. The monoisotopic (exact) mass is 1230 g/mol. The Morgan fingerprint density at radius 2 is 1.21 bits per heavy atom. The van der Waals surface area contributed by atoms with E-state index in [0.717, 1.165) is 101 Å². The number of aromatic amines is 1. The number of anilines is 5. The number of fused-ring (bicyclic) bond motifs is 3. The lowest BCUT2D eigenvalue weighted by molar-refractivity contribution is -0.139. The first-order valence-corrected chi connectivity index (χ1v) is 30.9. The summed E-state index contributed by atoms with van der Waals surface area (Å²) in [5.41, 5.74) is 12.0. The Kier molecular flexibility index (Phi) is 18.0. The largest absolute Gasteiger partial charge is 0.453 e. The molecular formula is C72H71N13O7. The maximum atomic E-state index is 13.9. The quantitative estimate of drug-likeness (QED) is 0.0437. The highest BCUT2D eigenvalue weighted by atomic mass is 16.5. The fourth-order valence-electron chi connectivity index (χ4n) is 12.4. The molecule has 466 valence electrons. The van der Waals surface area contributed by atoms with E-state index in [0.29, 0.717) is 49.1 Å². The summed E-state index contributed by atoms with van der Waals surface area (Å²) in [7, 11) is 2.54. The number of carbonyl (C=O) groups excluding carboxylic acids is 5. The second kappa shape index (κ2) is 27.0. The Balaban J connectivity index is 0.804. The number of rotatable bonds is 18. The van der Waals surface area contributed by atoms with Crippen LogP contribution in [0.4, 0.5) is 38.3 Å². The SMILES string of the molecule is COC(=O)NC(C(=O)N1CCCC1C(=O)Nc1ccc(C=Cc2cc(-c3cccc(Nc4ncncc4-c4cccc5c(-c6ccc7nc(C8CCCN8C(=O)C(NC(=O)OC)C(C)C)[nH]c7c6)cccc45)c3)c3ncnc(Nc4ccccc4)c3c2)cc1)C(C)C. The van der Waals surface area contributed by atoms with Gasteiger partial charge in [-0.25, -0.2) is 34.5 Å². The Morgan fingerprint density at radius 3 is 1.95 bits per heavy atom. The number of methoxy groups -OCH3 is 2. The molecule has 2 fully saturated rings. The smallest absolute Gasteiger partial charge is 0.407 e. The fraction of sp³-hybridized carbons (Fsp3) is 0.250. The summed E-state index contributed by atoms with van der Waals surface area (Å²) in [4.78, 5) is 96.5. The number of benzene rings is 7. The van der Waals surface area contributed by atoms with Gasteiger partial charge in [-0.3, -0.25) is 14.4 Å². The first kappa shape index (κ1) is 61.2. The van der Waals surface area contributed by atoms with E-state index in [2.05, 4.69) is 109 Å². The van der Waals surface area contributed by atoms with Gasteiger partial charge in [0.1, 0.15) is 48.2 Å². The molecule has 2 aliphatic heterocycles. The van der Waals surface area contributed by atoms with E-state index < -0.39 is 30.3 Å². The number of ether oxygens (including phenoxy) is 2. The van der Waals surface area contributed by atoms with Gasteiger partial charge in [0.05, 0.1) is 36.8 Å². The number of likely N-dealkylation sites (tertiary alicyclic amines) is 2. The summed E-state index contributed by atoms with van der Waals surface area (Å²) in [6.07, 6.45) is 10.4. The summed E-state index contributed by atoms with van der Waals surface area (Å²) in [5, 5.41) is 18.4. The molecule has 0 bridgehead atoms. The molecule has 0 saturated carbocycles. The van der Waals surface area contributed by atoms with E-state index in [-0.39, 0.29) is 35.6 Å². The van der Waals surface area contributed by atoms with Gasteiger partial charge >= 0.3 is 12.2 Å². The third kappa shape index (κ3) is 13.0. The van der Waals surface area contributed by atoms with Gasteiger partial charge in [-0.2, -0.15) is 0 Å². The maximum Gasteiger partial charge on any atom is 0.407 e. The van der Waals surface area contributed by atoms with Gasteiger partial charge < -0.3 is 50.8 Å². The molecule has 0 spiro atoms. The van der Waals surface area contributed by atoms with Crippen LogP contribution in [0.25, 0.3) is 78.2 Å². The van der Waals surface area contributed by atoms with Crippen LogP contribution in [0.2, 0.25) is 0 Å². The minimum atomic E-state index is -0.830. The number of alkyl carbamates (subject to hydrolysis) is 2. The van der Waals surface area contributed by atoms with Crippen LogP contribution in [0.3, 0.4) is 0 Å². The highest BCUT2D eigenvalue weighted by Crippen LogP contribution is 2.41. The van der Waals surface area contributed by atoms with Gasteiger partial charge in [0.2, 0.25) is 17.7 Å². The zero-order chi connectivity index (χ0) is 64.0. The highest BCUT2D eigenvalue weighted by molar-refractivity contribution is 6.07. The molecule has 20 nitrogen and oxygen atoms in total. The number of para-hydroxylation sites is 1. The first-order chi connectivity index (χ1) is 44.7. The normalized spacial score (nSPS) is 15.5. The molecule has 12 rings (SSSR count). The number of hydrogen-bond donors (Lipinski definition) is 6. The Hall–Kier alpha value is -11.0. The van der Waals surface area contributed by atoms with Crippen LogP contribution in [0.15, 0.2) is 164 Å². The molecule has 5 amide bonds. The van der Waals surface area contributed by atoms with Gasteiger partial charge in [-0.15, -0.1) is 0 Å². The van der Waals surface area contributed by atoms with Gasteiger partial charge in [0.25, 0.3) is 0 Å². The van der Waals surface area contributed by atoms with Crippen molar-refractivity contribution < 1.29 is 33.4 Å². The predicted molar refractivity (Wildman–Crippen MR) is 359 cm³/mol. The molecule has 10 aromatic rings. The topological polar surface area (TPSA) is 251 Å². The van der Waals surface area contributed by atoms with Gasteiger partial charge in [-0.1, -0.05) is 125 Å². The summed E-state index contributed by atoms with van der Waals surface area (Å²) >= 11 is 0. The van der Waals surface area contributed by atoms with E-state index in [1.165, 1.54) is 14.2 Å². The summed E-state index contributed by atoms with van der Waals surface area (Å²) in [6, 6.07) is 46.0. The molecule has 20 heteroatoms. The second-order valence-electron chi connectivity index (χ2n) is 23.8. The van der Waals surface area contributed by atoms with E-state index in [1.54, 1.807) is 17.6 Å². The molecule has 92 heavy (non-hydrogen) atoms. The van der Waals surface area contributed by atoms with E-state index >= 15 is 0 Å². The predicted octanol–water partition coefficient (Wildman–Crippen LogP) is 13.5. The maximum absolute atomic E-state index is 13.9. The molecule has 4 atom stereocenters. The molecule has 7 aromatic carbocycles. The molecule has 3 aromatic heterocycles. The molecule has 6 N–H and O–H groups in total. The van der Waals surface area contributed by atoms with Crippen molar-refractivity contribution in [2.75, 3.05) is 43.3 Å². The zero-order valence-electron chi connectivity index (χ0n) is 51.9. The van der Waals surface area contributed by atoms with E-state index in [4.69, 9.17) is 29.4 Å². The fourth-order valence-corrected chi connectivity index (χ4v) is 12.4. The number of imidazole rings is 1. The van der Waals surface area contributed by atoms with Crippen LogP contribution in [-0.2, 0) is 23.9 Å². The minimum Gasteiger partial charge on any atom is -0.453 e. The average molecular weight is 1230 g/mol. The van der Waals surface area contributed by atoms with Gasteiger partial charge in [0, 0.05) is 52.9 Å². The van der Waals surface area contributed by atoms with Crippen LogP contribution in [-0.4, -0.2) is 115 Å². The summed E-state index contributed by atoms with van der Waals surface area (Å²) in [6.45, 7) is 8.46. The number of amides is 5. The minimum absolute atomic E-state index is 0.145. The molecule has 5 heterocycles. The molecule has 0 aliphatic carbocycles. The van der Waals surface area contributed by atoms with Crippen molar-refractivity contribution in [2.45, 2.75) is 77.5 Å². The Morgan fingerprint density at radius 1 is 0.565 bits per heavy atom. The number of nitrogens with one attached hydrogen (secondary N) is 6. The van der Waals surface area contributed by atoms with Crippen LogP contribution in [0, 0.1) is 11.8 Å². The molecule has 2 aliphatic rings. The lowest BCUT2D eigenvalue weighted by Crippen LogP contribution is -2.54. The number of aromatic nitrogens is 6. The lowest BCUT2D eigenvalue weighted by Gasteiger charge is -2.30. The van der Waals surface area contributed by atoms with Gasteiger partial charge in [0.15, 0.2) is 0 Å². The Bertz CT molecular complexity index is 4440. The molecule has 0 radical (unpaired) electrons. The van der Waals surface area contributed by atoms with Crippen LogP contribution < -0.4 is 26.6 Å². The third-order valence-electron chi connectivity index (χ3n) is 17.1. The first-order valence-electron chi connectivity index (χ1n) is 30.9. The molecule has 4 unspecified atom stereocenters. The van der Waals surface area contributed by atoms with Gasteiger partial charge in [-0.05, 0) is 142 Å². The lowest BCUT2D eigenvalue weighted by atomic mass is 9.93. The Labute approximate surface area is 532 Å². The number of nitrogens with zero attached hydrogens (tertiary/aromatic N) is 7. The van der Waals surface area contributed by atoms with Crippen LogP contribution in [0.5, 0.6) is 0 Å². The van der Waals surface area contributed by atoms with Crippen molar-refractivity contribution in [1.29, 1.82) is 0 Å². The molecule has 2 saturated heterocycles. The zero-order valence-corrected chi connectivity index (χ0v) is 51.9. The average Bonchev–Trinajstić information content (AvgIpc) is 1.04. The van der Waals surface area contributed by atoms with Crippen molar-refractivity contribution in [1.82, 2.24) is 50.3 Å². The van der Waals surface area contributed by atoms with E-state index in [9.17, 15) is 24.0 Å². The number of carbonyl (C=O) groups is 5. The molecular weight excluding hydrogens is 1160 g/mol. The van der Waals surface area contributed by atoms with Crippen molar-refractivity contribution in [2.24, 2.45) is 11.8 Å². The second-order valence-corrected chi connectivity index (χ2v) is 23.8.